The van der Waals surface area contributed by atoms with Gasteiger partial charge >= 0.3 is 0 Å². The Balaban J connectivity index is 2.32. The minimum atomic E-state index is 0.0553. The first-order chi connectivity index (χ1) is 9.67. The Hall–Kier alpha value is -1.26. The Labute approximate surface area is 125 Å². The summed E-state index contributed by atoms with van der Waals surface area (Å²) in [5.41, 5.74) is 6.31. The molecule has 0 saturated heterocycles. The van der Waals surface area contributed by atoms with E-state index in [1.165, 1.54) is 0 Å². The van der Waals surface area contributed by atoms with Crippen molar-refractivity contribution in [2.24, 2.45) is 5.73 Å². The lowest BCUT2D eigenvalue weighted by Gasteiger charge is -2.10. The Bertz CT molecular complexity index is 424. The van der Waals surface area contributed by atoms with Gasteiger partial charge in [-0.05, 0) is 37.6 Å². The molecule has 5 heteroatoms. The molecular weight excluding hydrogens is 276 g/mol. The van der Waals surface area contributed by atoms with Crippen LogP contribution in [0.3, 0.4) is 0 Å². The largest absolute Gasteiger partial charge is 0.496 e. The van der Waals surface area contributed by atoms with Crippen molar-refractivity contribution in [2.75, 3.05) is 13.7 Å². The van der Waals surface area contributed by atoms with E-state index in [1.807, 2.05) is 6.07 Å². The van der Waals surface area contributed by atoms with Crippen molar-refractivity contribution >= 4 is 17.5 Å². The smallest absolute Gasteiger partial charge is 0.220 e. The minimum Gasteiger partial charge on any atom is -0.496 e. The van der Waals surface area contributed by atoms with Crippen molar-refractivity contribution in [1.82, 2.24) is 5.32 Å². The van der Waals surface area contributed by atoms with Gasteiger partial charge in [0.15, 0.2) is 0 Å². The third kappa shape index (κ3) is 6.26. The second-order valence-electron chi connectivity index (χ2n) is 4.69. The topological polar surface area (TPSA) is 64.3 Å². The highest BCUT2D eigenvalue weighted by Gasteiger charge is 2.06. The van der Waals surface area contributed by atoms with E-state index in [-0.39, 0.29) is 5.91 Å². The van der Waals surface area contributed by atoms with Crippen LogP contribution in [0, 0.1) is 0 Å². The van der Waals surface area contributed by atoms with E-state index >= 15 is 0 Å². The van der Waals surface area contributed by atoms with Gasteiger partial charge in [-0.3, -0.25) is 4.79 Å². The summed E-state index contributed by atoms with van der Waals surface area (Å²) in [6, 6.07) is 5.38. The average Bonchev–Trinajstić information content (AvgIpc) is 2.45. The van der Waals surface area contributed by atoms with Crippen molar-refractivity contribution < 1.29 is 9.53 Å². The molecule has 1 aromatic rings. The van der Waals surface area contributed by atoms with Crippen molar-refractivity contribution in [2.45, 2.75) is 38.6 Å². The highest BCUT2D eigenvalue weighted by molar-refractivity contribution is 6.30. The molecule has 0 aliphatic heterocycles. The van der Waals surface area contributed by atoms with Crippen LogP contribution in [0.15, 0.2) is 18.2 Å². The number of benzene rings is 1. The first-order valence-electron chi connectivity index (χ1n) is 6.96. The molecule has 20 heavy (non-hydrogen) atoms. The van der Waals surface area contributed by atoms with Gasteiger partial charge in [-0.25, -0.2) is 0 Å². The average molecular weight is 299 g/mol. The van der Waals surface area contributed by atoms with E-state index in [4.69, 9.17) is 22.1 Å². The molecule has 0 spiro atoms. The molecular formula is C15H23ClN2O2. The van der Waals surface area contributed by atoms with Crippen LogP contribution in [-0.2, 0) is 11.3 Å². The lowest BCUT2D eigenvalue weighted by molar-refractivity contribution is -0.121. The third-order valence-corrected chi connectivity index (χ3v) is 3.31. The number of methoxy groups -OCH3 is 1. The molecule has 0 heterocycles. The van der Waals surface area contributed by atoms with Crippen LogP contribution in [0.1, 0.15) is 37.7 Å². The van der Waals surface area contributed by atoms with Crippen LogP contribution >= 0.6 is 11.6 Å². The number of unbranched alkanes of at least 4 members (excludes halogenated alkanes) is 3. The Kier molecular flexibility index (Phi) is 8.07. The van der Waals surface area contributed by atoms with Crippen LogP contribution in [0.5, 0.6) is 5.75 Å². The molecule has 1 aromatic carbocycles. The third-order valence-electron chi connectivity index (χ3n) is 3.08. The molecule has 0 unspecified atom stereocenters. The maximum absolute atomic E-state index is 11.7. The molecule has 0 aromatic heterocycles. The summed E-state index contributed by atoms with van der Waals surface area (Å²) in [4.78, 5) is 11.7. The van der Waals surface area contributed by atoms with Crippen LogP contribution in [0.25, 0.3) is 0 Å². The van der Waals surface area contributed by atoms with E-state index in [9.17, 15) is 4.79 Å². The lowest BCUT2D eigenvalue weighted by Crippen LogP contribution is -2.22. The van der Waals surface area contributed by atoms with Crippen LogP contribution in [0.4, 0.5) is 0 Å². The maximum Gasteiger partial charge on any atom is 0.220 e. The number of rotatable bonds is 9. The molecule has 0 aliphatic carbocycles. The Morgan fingerprint density at radius 3 is 2.75 bits per heavy atom. The second-order valence-corrected chi connectivity index (χ2v) is 5.12. The maximum atomic E-state index is 11.7. The second kappa shape index (κ2) is 9.61. The quantitative estimate of drug-likeness (QED) is 0.689. The van der Waals surface area contributed by atoms with E-state index in [0.717, 1.165) is 43.5 Å². The minimum absolute atomic E-state index is 0.0553. The number of hydrogen-bond acceptors (Lipinski definition) is 3. The summed E-state index contributed by atoms with van der Waals surface area (Å²) in [5, 5.41) is 3.53. The standard InChI is InChI=1S/C15H23ClN2O2/c1-20-14-8-7-13(16)10-12(14)11-18-15(19)6-4-2-3-5-9-17/h7-8,10H,2-6,9,11,17H2,1H3,(H,18,19). The summed E-state index contributed by atoms with van der Waals surface area (Å²) in [5.74, 6) is 0.789. The Morgan fingerprint density at radius 2 is 2.05 bits per heavy atom. The first-order valence-corrected chi connectivity index (χ1v) is 7.34. The van der Waals surface area contributed by atoms with Gasteiger partial charge in [0.2, 0.25) is 5.91 Å². The van der Waals surface area contributed by atoms with E-state index in [2.05, 4.69) is 5.32 Å². The molecule has 0 saturated carbocycles. The summed E-state index contributed by atoms with van der Waals surface area (Å²) in [7, 11) is 1.60. The molecule has 4 nitrogen and oxygen atoms in total. The number of nitrogens with two attached hydrogens (primary N) is 1. The predicted octanol–water partition coefficient (Wildman–Crippen LogP) is 2.87. The first kappa shape index (κ1) is 16.8. The van der Waals surface area contributed by atoms with E-state index < -0.39 is 0 Å². The van der Waals surface area contributed by atoms with Crippen LogP contribution in [-0.4, -0.2) is 19.6 Å². The molecule has 1 rings (SSSR count). The molecule has 3 N–H and O–H groups in total. The number of halogens is 1. The van der Waals surface area contributed by atoms with Crippen molar-refractivity contribution in [1.29, 1.82) is 0 Å². The number of hydrogen-bond donors (Lipinski definition) is 2. The molecule has 0 radical (unpaired) electrons. The van der Waals surface area contributed by atoms with E-state index in [1.54, 1.807) is 19.2 Å². The number of amides is 1. The van der Waals surface area contributed by atoms with Crippen molar-refractivity contribution in [3.63, 3.8) is 0 Å². The predicted molar refractivity (Wildman–Crippen MR) is 82.0 cm³/mol. The SMILES string of the molecule is COc1ccc(Cl)cc1CNC(=O)CCCCCCN. The monoisotopic (exact) mass is 298 g/mol. The van der Waals surface area contributed by atoms with Gasteiger partial charge < -0.3 is 15.8 Å². The fourth-order valence-corrected chi connectivity index (χ4v) is 2.15. The van der Waals surface area contributed by atoms with Crippen LogP contribution in [0.2, 0.25) is 5.02 Å². The summed E-state index contributed by atoms with van der Waals surface area (Å²) < 4.78 is 5.24. The zero-order chi connectivity index (χ0) is 14.8. The number of carbonyl (C=O) groups is 1. The van der Waals surface area contributed by atoms with Crippen molar-refractivity contribution in [3.8, 4) is 5.75 Å². The van der Waals surface area contributed by atoms with E-state index in [0.29, 0.717) is 18.0 Å². The molecule has 0 bridgehead atoms. The molecule has 1 amide bonds. The number of nitrogens with one attached hydrogen (secondary N) is 1. The molecule has 0 fully saturated rings. The summed E-state index contributed by atoms with van der Waals surface area (Å²) in [6.07, 6.45) is 4.62. The number of ether oxygens (including phenoxy) is 1. The van der Waals surface area contributed by atoms with Gasteiger partial charge in [0, 0.05) is 23.6 Å². The molecule has 112 valence electrons. The van der Waals surface area contributed by atoms with Gasteiger partial charge in [-0.2, -0.15) is 0 Å². The van der Waals surface area contributed by atoms with Gasteiger partial charge in [0.25, 0.3) is 0 Å². The lowest BCUT2D eigenvalue weighted by atomic mass is 10.1. The fourth-order valence-electron chi connectivity index (χ4n) is 1.95. The number of carbonyl (C=O) groups excluding carboxylic acids is 1. The Morgan fingerprint density at radius 1 is 1.30 bits per heavy atom. The van der Waals surface area contributed by atoms with Gasteiger partial charge in [-0.1, -0.05) is 24.4 Å². The van der Waals surface area contributed by atoms with Gasteiger partial charge in [-0.15, -0.1) is 0 Å². The summed E-state index contributed by atoms with van der Waals surface area (Å²) >= 11 is 5.94. The highest BCUT2D eigenvalue weighted by atomic mass is 35.5. The van der Waals surface area contributed by atoms with Crippen molar-refractivity contribution in [3.05, 3.63) is 28.8 Å². The van der Waals surface area contributed by atoms with Crippen LogP contribution < -0.4 is 15.8 Å². The molecule has 0 atom stereocenters. The highest BCUT2D eigenvalue weighted by Crippen LogP contribution is 2.22. The zero-order valence-electron chi connectivity index (χ0n) is 12.0. The van der Waals surface area contributed by atoms with Gasteiger partial charge in [0.1, 0.15) is 5.75 Å². The zero-order valence-corrected chi connectivity index (χ0v) is 12.7. The fraction of sp³-hybridized carbons (Fsp3) is 0.533. The normalized spacial score (nSPS) is 10.3. The van der Waals surface area contributed by atoms with Gasteiger partial charge in [0.05, 0.1) is 7.11 Å². The summed E-state index contributed by atoms with van der Waals surface area (Å²) in [6.45, 7) is 1.16. The molecule has 0 aliphatic rings.